The van der Waals surface area contributed by atoms with Gasteiger partial charge in [0.15, 0.2) is 0 Å². The van der Waals surface area contributed by atoms with Gasteiger partial charge in [0, 0.05) is 25.0 Å². The van der Waals surface area contributed by atoms with E-state index in [1.807, 2.05) is 18.7 Å². The van der Waals surface area contributed by atoms with Crippen LogP contribution in [0, 0.1) is 12.3 Å². The van der Waals surface area contributed by atoms with Crippen LogP contribution < -0.4 is 0 Å². The summed E-state index contributed by atoms with van der Waals surface area (Å²) in [4.78, 5) is 9.42. The number of piperidine rings is 1. The lowest BCUT2D eigenvalue weighted by molar-refractivity contribution is 0.106. The molecule has 1 aromatic heterocycles. The van der Waals surface area contributed by atoms with Crippen LogP contribution in [-0.4, -0.2) is 51.6 Å². The Bertz CT molecular complexity index is 640. The summed E-state index contributed by atoms with van der Waals surface area (Å²) in [5.74, 6) is 0.792. The van der Waals surface area contributed by atoms with Gasteiger partial charge in [-0.25, -0.2) is 4.98 Å². The minimum Gasteiger partial charge on any atom is -0.306 e. The molecule has 1 atom stereocenters. The van der Waals surface area contributed by atoms with Crippen LogP contribution in [0.5, 0.6) is 0 Å². The van der Waals surface area contributed by atoms with Gasteiger partial charge in [0.2, 0.25) is 0 Å². The van der Waals surface area contributed by atoms with E-state index < -0.39 is 0 Å². The van der Waals surface area contributed by atoms with E-state index in [4.69, 9.17) is 0 Å². The maximum absolute atomic E-state index is 4.20. The van der Waals surface area contributed by atoms with Gasteiger partial charge in [-0.15, -0.1) is 0 Å². The third kappa shape index (κ3) is 4.36. The van der Waals surface area contributed by atoms with Crippen LogP contribution in [0.15, 0.2) is 43.0 Å². The van der Waals surface area contributed by atoms with Crippen LogP contribution in [0.1, 0.15) is 39.2 Å². The fourth-order valence-electron chi connectivity index (χ4n) is 4.42. The van der Waals surface area contributed by atoms with E-state index in [-0.39, 0.29) is 0 Å². The van der Waals surface area contributed by atoms with Crippen molar-refractivity contribution in [2.75, 3.05) is 26.2 Å². The molecule has 4 nitrogen and oxygen atoms in total. The minimum absolute atomic E-state index is 0.630. The van der Waals surface area contributed by atoms with Gasteiger partial charge in [-0.1, -0.05) is 39.0 Å². The first-order valence-electron chi connectivity index (χ1n) is 10.1. The number of nitrogens with zero attached hydrogens (tertiary/aromatic N) is 4. The number of imidazole rings is 1. The summed E-state index contributed by atoms with van der Waals surface area (Å²) < 4.78 is 2.12. The zero-order valence-electron chi connectivity index (χ0n) is 16.5. The molecule has 1 fully saturated rings. The molecule has 1 aliphatic rings. The number of hydrogen-bond acceptors (Lipinski definition) is 3. The highest BCUT2D eigenvalue weighted by atomic mass is 15.2. The highest BCUT2D eigenvalue weighted by Gasteiger charge is 2.28. The first-order chi connectivity index (χ1) is 12.8. The smallest absolute Gasteiger partial charge is 0.0991 e. The normalized spacial score (nSPS) is 17.7. The molecule has 26 heavy (non-hydrogen) atoms. The lowest BCUT2D eigenvalue weighted by Gasteiger charge is -2.40. The van der Waals surface area contributed by atoms with E-state index >= 15 is 0 Å². The Labute approximate surface area is 158 Å². The molecule has 2 aromatic rings. The Hall–Kier alpha value is -1.65. The molecule has 0 amide bonds. The van der Waals surface area contributed by atoms with Crippen molar-refractivity contribution in [2.24, 2.45) is 5.92 Å². The maximum atomic E-state index is 4.20. The van der Waals surface area contributed by atoms with Crippen molar-refractivity contribution in [3.8, 4) is 5.69 Å². The number of benzene rings is 1. The predicted octanol–water partition coefficient (Wildman–Crippen LogP) is 4.02. The lowest BCUT2D eigenvalue weighted by Crippen LogP contribution is -2.45. The SMILES string of the molecule is C[CH]C(C1CCN(Cc2ccccc2-n2ccnc2)CC1)N(CC)CC. The molecule has 3 rings (SSSR count). The van der Waals surface area contributed by atoms with E-state index in [2.05, 4.69) is 70.8 Å². The molecule has 1 radical (unpaired) electrons. The van der Waals surface area contributed by atoms with Gasteiger partial charge in [0.1, 0.15) is 0 Å². The first-order valence-corrected chi connectivity index (χ1v) is 10.1. The van der Waals surface area contributed by atoms with Crippen LogP contribution in [-0.2, 0) is 6.54 Å². The molecular formula is C22H33N4. The van der Waals surface area contributed by atoms with Gasteiger partial charge in [-0.3, -0.25) is 4.90 Å². The van der Waals surface area contributed by atoms with E-state index in [0.717, 1.165) is 25.6 Å². The first kappa shape index (κ1) is 19.1. The summed E-state index contributed by atoms with van der Waals surface area (Å²) in [5.41, 5.74) is 2.63. The molecule has 1 aromatic carbocycles. The second-order valence-electron chi connectivity index (χ2n) is 7.26. The topological polar surface area (TPSA) is 24.3 Å². The third-order valence-corrected chi connectivity index (χ3v) is 5.86. The lowest BCUT2D eigenvalue weighted by atomic mass is 9.86. The highest BCUT2D eigenvalue weighted by molar-refractivity contribution is 5.40. The summed E-state index contributed by atoms with van der Waals surface area (Å²) in [6.07, 6.45) is 10.8. The monoisotopic (exact) mass is 353 g/mol. The fourth-order valence-corrected chi connectivity index (χ4v) is 4.42. The van der Waals surface area contributed by atoms with Crippen molar-refractivity contribution in [1.82, 2.24) is 19.4 Å². The number of hydrogen-bond donors (Lipinski definition) is 0. The van der Waals surface area contributed by atoms with E-state index in [1.165, 1.54) is 37.2 Å². The number of likely N-dealkylation sites (tertiary alicyclic amines) is 1. The van der Waals surface area contributed by atoms with Crippen molar-refractivity contribution in [2.45, 2.75) is 46.2 Å². The molecular weight excluding hydrogens is 320 g/mol. The number of aromatic nitrogens is 2. The molecule has 0 aliphatic carbocycles. The average molecular weight is 354 g/mol. The molecule has 1 aliphatic heterocycles. The fraction of sp³-hybridized carbons (Fsp3) is 0.545. The van der Waals surface area contributed by atoms with Gasteiger partial charge in [-0.05, 0) is 63.0 Å². The van der Waals surface area contributed by atoms with E-state index in [1.54, 1.807) is 0 Å². The Morgan fingerprint density at radius 2 is 1.92 bits per heavy atom. The van der Waals surface area contributed by atoms with Gasteiger partial charge in [0.05, 0.1) is 12.0 Å². The average Bonchev–Trinajstić information content (AvgIpc) is 3.22. The van der Waals surface area contributed by atoms with E-state index in [9.17, 15) is 0 Å². The minimum atomic E-state index is 0.630. The van der Waals surface area contributed by atoms with Crippen LogP contribution in [0.2, 0.25) is 0 Å². The molecule has 0 saturated carbocycles. The molecule has 1 unspecified atom stereocenters. The Morgan fingerprint density at radius 3 is 2.54 bits per heavy atom. The maximum Gasteiger partial charge on any atom is 0.0991 e. The van der Waals surface area contributed by atoms with Gasteiger partial charge in [0.25, 0.3) is 0 Å². The van der Waals surface area contributed by atoms with Crippen molar-refractivity contribution in [1.29, 1.82) is 0 Å². The second kappa shape index (κ2) is 9.33. The molecule has 141 valence electrons. The van der Waals surface area contributed by atoms with Crippen molar-refractivity contribution < 1.29 is 0 Å². The standard InChI is InChI=1S/C22H33N4/c1-4-21(25(5-2)6-3)19-11-14-24(15-12-19)17-20-9-7-8-10-22(20)26-16-13-23-18-26/h4,7-10,13,16,18-19,21H,5-6,11-12,14-15,17H2,1-3H3. The van der Waals surface area contributed by atoms with Crippen LogP contribution in [0.25, 0.3) is 5.69 Å². The molecule has 4 heteroatoms. The van der Waals surface area contributed by atoms with Crippen LogP contribution in [0.3, 0.4) is 0 Å². The zero-order valence-corrected chi connectivity index (χ0v) is 16.5. The molecule has 2 heterocycles. The van der Waals surface area contributed by atoms with Crippen LogP contribution >= 0.6 is 0 Å². The molecule has 1 saturated heterocycles. The summed E-state index contributed by atoms with van der Waals surface area (Å²) in [5, 5.41) is 0. The molecule has 0 spiro atoms. The largest absolute Gasteiger partial charge is 0.306 e. The Balaban J connectivity index is 1.61. The Kier molecular flexibility index (Phi) is 6.86. The molecule has 0 bridgehead atoms. The summed E-state index contributed by atoms with van der Waals surface area (Å²) in [7, 11) is 0. The van der Waals surface area contributed by atoms with Gasteiger partial charge >= 0.3 is 0 Å². The van der Waals surface area contributed by atoms with E-state index in [0.29, 0.717) is 6.04 Å². The molecule has 0 N–H and O–H groups in total. The number of rotatable bonds is 8. The highest BCUT2D eigenvalue weighted by Crippen LogP contribution is 2.27. The quantitative estimate of drug-likeness (QED) is 0.716. The van der Waals surface area contributed by atoms with Crippen LogP contribution in [0.4, 0.5) is 0 Å². The predicted molar refractivity (Wildman–Crippen MR) is 108 cm³/mol. The van der Waals surface area contributed by atoms with Gasteiger partial charge < -0.3 is 9.47 Å². The van der Waals surface area contributed by atoms with Gasteiger partial charge in [-0.2, -0.15) is 0 Å². The summed E-state index contributed by atoms with van der Waals surface area (Å²) in [6.45, 7) is 12.5. The Morgan fingerprint density at radius 1 is 1.19 bits per heavy atom. The number of para-hydroxylation sites is 1. The van der Waals surface area contributed by atoms with Crippen molar-refractivity contribution >= 4 is 0 Å². The summed E-state index contributed by atoms with van der Waals surface area (Å²) >= 11 is 0. The summed E-state index contributed by atoms with van der Waals surface area (Å²) in [6, 6.07) is 9.32. The third-order valence-electron chi connectivity index (χ3n) is 5.86. The van der Waals surface area contributed by atoms with Crippen molar-refractivity contribution in [3.05, 3.63) is 55.0 Å². The van der Waals surface area contributed by atoms with Crippen molar-refractivity contribution in [3.63, 3.8) is 0 Å². The second-order valence-corrected chi connectivity index (χ2v) is 7.26. The zero-order chi connectivity index (χ0) is 18.4.